The van der Waals surface area contributed by atoms with Crippen LogP contribution in [0, 0.1) is 6.92 Å². The Morgan fingerprint density at radius 2 is 2.28 bits per heavy atom. The Balaban J connectivity index is 1.86. The van der Waals surface area contributed by atoms with E-state index < -0.39 is 9.84 Å². The Morgan fingerprint density at radius 1 is 1.50 bits per heavy atom. The van der Waals surface area contributed by atoms with Gasteiger partial charge >= 0.3 is 0 Å². The Hall–Kier alpha value is -0.460. The lowest BCUT2D eigenvalue weighted by Crippen LogP contribution is -2.38. The van der Waals surface area contributed by atoms with Gasteiger partial charge in [-0.15, -0.1) is 11.3 Å². The number of rotatable bonds is 4. The predicted molar refractivity (Wildman–Crippen MR) is 74.6 cm³/mol. The van der Waals surface area contributed by atoms with E-state index in [0.29, 0.717) is 6.04 Å². The summed E-state index contributed by atoms with van der Waals surface area (Å²) in [5.41, 5.74) is 1.05. The van der Waals surface area contributed by atoms with Gasteiger partial charge < -0.3 is 5.32 Å². The standard InChI is InChI=1S/C12H20N2O2S2/c1-9-8-17-12(14-9)7-13-10-4-3-5-11(6-10)18(2,15)16/h8,10-11,13H,3-7H2,1-2H3. The van der Waals surface area contributed by atoms with E-state index in [9.17, 15) is 8.42 Å². The normalized spacial score (nSPS) is 25.2. The number of sulfone groups is 1. The van der Waals surface area contributed by atoms with Crippen molar-refractivity contribution in [3.63, 3.8) is 0 Å². The summed E-state index contributed by atoms with van der Waals surface area (Å²) >= 11 is 1.65. The number of aromatic nitrogens is 1. The molecule has 1 fully saturated rings. The van der Waals surface area contributed by atoms with Gasteiger partial charge in [0, 0.05) is 29.9 Å². The van der Waals surface area contributed by atoms with Gasteiger partial charge in [-0.05, 0) is 26.2 Å². The first-order valence-corrected chi connectivity index (χ1v) is 9.12. The first kappa shape index (κ1) is 14.0. The number of hydrogen-bond donors (Lipinski definition) is 1. The monoisotopic (exact) mass is 288 g/mol. The minimum atomic E-state index is -2.89. The molecule has 1 saturated carbocycles. The second kappa shape index (κ2) is 5.67. The highest BCUT2D eigenvalue weighted by molar-refractivity contribution is 7.91. The third-order valence-corrected chi connectivity index (χ3v) is 6.05. The molecule has 18 heavy (non-hydrogen) atoms. The lowest BCUT2D eigenvalue weighted by atomic mass is 9.95. The van der Waals surface area contributed by atoms with Gasteiger partial charge in [-0.3, -0.25) is 0 Å². The second-order valence-corrected chi connectivity index (χ2v) is 8.35. The third-order valence-electron chi connectivity index (χ3n) is 3.44. The van der Waals surface area contributed by atoms with E-state index in [1.54, 1.807) is 11.3 Å². The van der Waals surface area contributed by atoms with Crippen molar-refractivity contribution in [2.24, 2.45) is 0 Å². The molecule has 1 aromatic heterocycles. The van der Waals surface area contributed by atoms with Crippen molar-refractivity contribution in [3.8, 4) is 0 Å². The van der Waals surface area contributed by atoms with E-state index in [-0.39, 0.29) is 5.25 Å². The van der Waals surface area contributed by atoms with Gasteiger partial charge in [0.15, 0.2) is 0 Å². The maximum Gasteiger partial charge on any atom is 0.150 e. The minimum Gasteiger partial charge on any atom is -0.308 e. The van der Waals surface area contributed by atoms with Crippen LogP contribution in [-0.4, -0.2) is 30.9 Å². The predicted octanol–water partition coefficient (Wildman–Crippen LogP) is 1.90. The van der Waals surface area contributed by atoms with Crippen LogP contribution < -0.4 is 5.32 Å². The number of nitrogens with zero attached hydrogens (tertiary/aromatic N) is 1. The summed E-state index contributed by atoms with van der Waals surface area (Å²) in [4.78, 5) is 4.40. The molecule has 0 aliphatic heterocycles. The molecule has 1 N–H and O–H groups in total. The molecule has 0 saturated heterocycles. The molecule has 0 bridgehead atoms. The van der Waals surface area contributed by atoms with Gasteiger partial charge in [0.05, 0.1) is 5.25 Å². The molecular formula is C12H20N2O2S2. The lowest BCUT2D eigenvalue weighted by molar-refractivity contribution is 0.370. The van der Waals surface area contributed by atoms with Gasteiger partial charge in [-0.2, -0.15) is 0 Å². The van der Waals surface area contributed by atoms with Gasteiger partial charge in [0.25, 0.3) is 0 Å². The molecule has 4 nitrogen and oxygen atoms in total. The summed E-state index contributed by atoms with van der Waals surface area (Å²) < 4.78 is 23.1. The summed E-state index contributed by atoms with van der Waals surface area (Å²) in [5, 5.41) is 6.39. The molecule has 1 aromatic rings. The van der Waals surface area contributed by atoms with Crippen molar-refractivity contribution >= 4 is 21.2 Å². The van der Waals surface area contributed by atoms with E-state index >= 15 is 0 Å². The molecule has 2 rings (SSSR count). The van der Waals surface area contributed by atoms with Crippen molar-refractivity contribution in [2.75, 3.05) is 6.26 Å². The summed E-state index contributed by atoms with van der Waals surface area (Å²) in [6.07, 6.45) is 4.96. The van der Waals surface area contributed by atoms with Gasteiger partial charge in [0.2, 0.25) is 0 Å². The molecule has 2 unspecified atom stereocenters. The average molecular weight is 288 g/mol. The second-order valence-electron chi connectivity index (χ2n) is 5.08. The maximum atomic E-state index is 11.6. The maximum absolute atomic E-state index is 11.6. The Bertz CT molecular complexity index is 496. The van der Waals surface area contributed by atoms with E-state index in [2.05, 4.69) is 10.3 Å². The summed E-state index contributed by atoms with van der Waals surface area (Å²) in [5.74, 6) is 0. The highest BCUT2D eigenvalue weighted by atomic mass is 32.2. The van der Waals surface area contributed by atoms with Crippen LogP contribution in [0.15, 0.2) is 5.38 Å². The Labute approximate surface area is 113 Å². The van der Waals surface area contributed by atoms with Gasteiger partial charge in [-0.1, -0.05) is 6.42 Å². The molecule has 1 aliphatic carbocycles. The Kier molecular flexibility index (Phi) is 4.40. The molecule has 102 valence electrons. The van der Waals surface area contributed by atoms with E-state index in [4.69, 9.17) is 0 Å². The fourth-order valence-electron chi connectivity index (χ4n) is 2.43. The van der Waals surface area contributed by atoms with Crippen molar-refractivity contribution < 1.29 is 8.42 Å². The van der Waals surface area contributed by atoms with E-state index in [1.165, 1.54) is 6.26 Å². The Morgan fingerprint density at radius 3 is 2.89 bits per heavy atom. The van der Waals surface area contributed by atoms with E-state index in [0.717, 1.165) is 42.9 Å². The van der Waals surface area contributed by atoms with Crippen molar-refractivity contribution in [2.45, 2.75) is 50.4 Å². The van der Waals surface area contributed by atoms with Gasteiger partial charge in [0.1, 0.15) is 14.8 Å². The molecule has 2 atom stereocenters. The van der Waals surface area contributed by atoms with Crippen LogP contribution >= 0.6 is 11.3 Å². The summed E-state index contributed by atoms with van der Waals surface area (Å²) in [6.45, 7) is 2.74. The zero-order valence-electron chi connectivity index (χ0n) is 10.8. The van der Waals surface area contributed by atoms with Crippen LogP contribution in [0.2, 0.25) is 0 Å². The van der Waals surface area contributed by atoms with Crippen molar-refractivity contribution in [1.82, 2.24) is 10.3 Å². The van der Waals surface area contributed by atoms with Crippen LogP contribution in [0.1, 0.15) is 36.4 Å². The number of thiazole rings is 1. The van der Waals surface area contributed by atoms with Crippen LogP contribution in [0.3, 0.4) is 0 Å². The van der Waals surface area contributed by atoms with Crippen molar-refractivity contribution in [1.29, 1.82) is 0 Å². The number of aryl methyl sites for hydroxylation is 1. The summed E-state index contributed by atoms with van der Waals surface area (Å²) in [7, 11) is -2.89. The largest absolute Gasteiger partial charge is 0.308 e. The van der Waals surface area contributed by atoms with Crippen LogP contribution in [0.5, 0.6) is 0 Å². The molecular weight excluding hydrogens is 268 g/mol. The van der Waals surface area contributed by atoms with Crippen LogP contribution in [-0.2, 0) is 16.4 Å². The SMILES string of the molecule is Cc1csc(CNC2CCCC(S(C)(=O)=O)C2)n1. The highest BCUT2D eigenvalue weighted by Gasteiger charge is 2.28. The van der Waals surface area contributed by atoms with Crippen LogP contribution in [0.25, 0.3) is 0 Å². The lowest BCUT2D eigenvalue weighted by Gasteiger charge is -2.28. The number of hydrogen-bond acceptors (Lipinski definition) is 5. The molecule has 1 heterocycles. The first-order chi connectivity index (χ1) is 8.45. The molecule has 0 amide bonds. The zero-order chi connectivity index (χ0) is 13.2. The summed E-state index contributed by atoms with van der Waals surface area (Å²) in [6, 6.07) is 0.308. The fraction of sp³-hybridized carbons (Fsp3) is 0.750. The molecule has 6 heteroatoms. The highest BCUT2D eigenvalue weighted by Crippen LogP contribution is 2.24. The van der Waals surface area contributed by atoms with Crippen molar-refractivity contribution in [3.05, 3.63) is 16.1 Å². The molecule has 0 radical (unpaired) electrons. The third kappa shape index (κ3) is 3.76. The first-order valence-electron chi connectivity index (χ1n) is 6.28. The quantitative estimate of drug-likeness (QED) is 0.919. The molecule has 1 aliphatic rings. The van der Waals surface area contributed by atoms with Crippen LogP contribution in [0.4, 0.5) is 0 Å². The fourth-order valence-corrected chi connectivity index (χ4v) is 4.33. The number of nitrogens with one attached hydrogen (secondary N) is 1. The zero-order valence-corrected chi connectivity index (χ0v) is 12.5. The average Bonchev–Trinajstić information content (AvgIpc) is 2.72. The topological polar surface area (TPSA) is 59.1 Å². The van der Waals surface area contributed by atoms with Gasteiger partial charge in [-0.25, -0.2) is 13.4 Å². The molecule has 0 aromatic carbocycles. The molecule has 0 spiro atoms. The smallest absolute Gasteiger partial charge is 0.150 e. The minimum absolute atomic E-state index is 0.165. The van der Waals surface area contributed by atoms with E-state index in [1.807, 2.05) is 12.3 Å².